The van der Waals surface area contributed by atoms with Gasteiger partial charge in [0.25, 0.3) is 0 Å². The molecule has 0 spiro atoms. The summed E-state index contributed by atoms with van der Waals surface area (Å²) in [7, 11) is 0. The molecule has 0 saturated carbocycles. The average molecular weight is 417 g/mol. The third kappa shape index (κ3) is 6.98. The number of thiazole rings is 1. The Bertz CT molecular complexity index is 869. The van der Waals surface area contributed by atoms with Gasteiger partial charge in [0.15, 0.2) is 5.13 Å². The van der Waals surface area contributed by atoms with E-state index in [-0.39, 0.29) is 17.7 Å². The van der Waals surface area contributed by atoms with Crippen molar-refractivity contribution < 1.29 is 14.4 Å². The average Bonchev–Trinajstić information content (AvgIpc) is 3.09. The van der Waals surface area contributed by atoms with Crippen LogP contribution in [0.15, 0.2) is 29.6 Å². The maximum absolute atomic E-state index is 12.3. The largest absolute Gasteiger partial charge is 0.356 e. The summed E-state index contributed by atoms with van der Waals surface area (Å²) in [5.41, 5.74) is 2.27. The lowest BCUT2D eigenvalue weighted by Crippen LogP contribution is -2.46. The van der Waals surface area contributed by atoms with Crippen LogP contribution < -0.4 is 16.0 Å². The van der Waals surface area contributed by atoms with Gasteiger partial charge in [-0.3, -0.25) is 14.4 Å². The second kappa shape index (κ2) is 9.65. The summed E-state index contributed by atoms with van der Waals surface area (Å²) in [6.07, 6.45) is 0.760. The number of nitrogens with one attached hydrogen (secondary N) is 3. The summed E-state index contributed by atoms with van der Waals surface area (Å²) in [5.74, 6) is -0.527. The number of carbonyl (C=O) groups excluding carboxylic acids is 3. The Labute approximate surface area is 175 Å². The van der Waals surface area contributed by atoms with Crippen molar-refractivity contribution >= 4 is 34.2 Å². The Hall–Kier alpha value is -2.74. The summed E-state index contributed by atoms with van der Waals surface area (Å²) in [6, 6.07) is 7.28. The standard InChI is InChI=1S/C21H28N4O3S/c1-13(23-19(28)21(3,4)5)18(27)25-20-24-17(12-29-20)16-8-6-15(7-9-16)10-11-22-14(2)26/h6-9,12-13H,10-11H2,1-5H3,(H,22,26)(H,23,28)(H,24,25,27)/t13-/m0/s1. The van der Waals surface area contributed by atoms with Gasteiger partial charge >= 0.3 is 0 Å². The smallest absolute Gasteiger partial charge is 0.248 e. The van der Waals surface area contributed by atoms with Crippen molar-refractivity contribution in [1.82, 2.24) is 15.6 Å². The molecule has 0 aliphatic heterocycles. The number of aromatic nitrogens is 1. The van der Waals surface area contributed by atoms with Crippen molar-refractivity contribution in [2.24, 2.45) is 5.41 Å². The van der Waals surface area contributed by atoms with Crippen molar-refractivity contribution in [2.75, 3.05) is 11.9 Å². The van der Waals surface area contributed by atoms with Gasteiger partial charge in [0.2, 0.25) is 17.7 Å². The minimum atomic E-state index is -0.656. The zero-order chi connectivity index (χ0) is 21.6. The van der Waals surface area contributed by atoms with E-state index in [1.165, 1.54) is 18.3 Å². The van der Waals surface area contributed by atoms with Crippen LogP contribution in [0.3, 0.4) is 0 Å². The second-order valence-electron chi connectivity index (χ2n) is 7.90. The molecule has 0 aliphatic rings. The van der Waals surface area contributed by atoms with Crippen LogP contribution in [0.4, 0.5) is 5.13 Å². The lowest BCUT2D eigenvalue weighted by Gasteiger charge is -2.21. The van der Waals surface area contributed by atoms with Crippen molar-refractivity contribution in [3.63, 3.8) is 0 Å². The van der Waals surface area contributed by atoms with Gasteiger partial charge in [0.05, 0.1) is 5.69 Å². The number of rotatable bonds is 7. The third-order valence-corrected chi connectivity index (χ3v) is 4.95. The monoisotopic (exact) mass is 416 g/mol. The van der Waals surface area contributed by atoms with Gasteiger partial charge in [-0.2, -0.15) is 0 Å². The van der Waals surface area contributed by atoms with Gasteiger partial charge in [-0.05, 0) is 18.9 Å². The molecule has 0 radical (unpaired) electrons. The van der Waals surface area contributed by atoms with E-state index in [2.05, 4.69) is 20.9 Å². The van der Waals surface area contributed by atoms with E-state index >= 15 is 0 Å². The van der Waals surface area contributed by atoms with Gasteiger partial charge < -0.3 is 16.0 Å². The normalized spacial score (nSPS) is 12.2. The molecular formula is C21H28N4O3S. The highest BCUT2D eigenvalue weighted by Crippen LogP contribution is 2.25. The summed E-state index contributed by atoms with van der Waals surface area (Å²) < 4.78 is 0. The number of hydrogen-bond acceptors (Lipinski definition) is 5. The Morgan fingerprint density at radius 3 is 2.38 bits per heavy atom. The summed E-state index contributed by atoms with van der Waals surface area (Å²) in [5, 5.41) is 10.6. The van der Waals surface area contributed by atoms with Crippen molar-refractivity contribution in [2.45, 2.75) is 47.1 Å². The van der Waals surface area contributed by atoms with Gasteiger partial charge in [-0.1, -0.05) is 45.0 Å². The molecule has 2 rings (SSSR count). The first-order valence-electron chi connectivity index (χ1n) is 9.47. The van der Waals surface area contributed by atoms with Crippen molar-refractivity contribution in [3.8, 4) is 11.3 Å². The number of carbonyl (C=O) groups is 3. The second-order valence-corrected chi connectivity index (χ2v) is 8.76. The van der Waals surface area contributed by atoms with Crippen molar-refractivity contribution in [3.05, 3.63) is 35.2 Å². The highest BCUT2D eigenvalue weighted by molar-refractivity contribution is 7.14. The lowest BCUT2D eigenvalue weighted by molar-refractivity contribution is -0.131. The number of hydrogen-bond donors (Lipinski definition) is 3. The molecule has 3 N–H and O–H groups in total. The molecule has 2 aromatic rings. The number of anilines is 1. The molecule has 0 fully saturated rings. The number of amides is 3. The maximum atomic E-state index is 12.3. The van der Waals surface area contributed by atoms with E-state index in [1.807, 2.05) is 29.6 Å². The zero-order valence-electron chi connectivity index (χ0n) is 17.5. The molecule has 0 saturated heterocycles. The van der Waals surface area contributed by atoms with Crippen LogP contribution in [-0.2, 0) is 20.8 Å². The summed E-state index contributed by atoms with van der Waals surface area (Å²) in [6.45, 7) is 9.14. The Kier molecular flexibility index (Phi) is 7.50. The fourth-order valence-electron chi connectivity index (χ4n) is 2.38. The summed E-state index contributed by atoms with van der Waals surface area (Å²) in [4.78, 5) is 39.7. The summed E-state index contributed by atoms with van der Waals surface area (Å²) >= 11 is 1.33. The Morgan fingerprint density at radius 1 is 1.14 bits per heavy atom. The first-order valence-corrected chi connectivity index (χ1v) is 10.4. The van der Waals surface area contributed by atoms with Crippen molar-refractivity contribution in [1.29, 1.82) is 0 Å². The molecule has 0 bridgehead atoms. The highest BCUT2D eigenvalue weighted by atomic mass is 32.1. The molecule has 8 heteroatoms. The fraction of sp³-hybridized carbons (Fsp3) is 0.429. The molecule has 7 nitrogen and oxygen atoms in total. The van der Waals surface area contributed by atoms with Crippen LogP contribution in [0.2, 0.25) is 0 Å². The lowest BCUT2D eigenvalue weighted by atomic mass is 9.95. The fourth-order valence-corrected chi connectivity index (χ4v) is 3.10. The molecule has 0 unspecified atom stereocenters. The number of nitrogens with zero attached hydrogens (tertiary/aromatic N) is 1. The molecule has 29 heavy (non-hydrogen) atoms. The predicted octanol–water partition coefficient (Wildman–Crippen LogP) is 2.98. The molecule has 3 amide bonds. The van der Waals surface area contributed by atoms with Crippen LogP contribution in [0.25, 0.3) is 11.3 Å². The molecule has 156 valence electrons. The van der Waals surface area contributed by atoms with Crippen LogP contribution >= 0.6 is 11.3 Å². The van der Waals surface area contributed by atoms with Crippen LogP contribution in [0.1, 0.15) is 40.2 Å². The first kappa shape index (κ1) is 22.5. The van der Waals surface area contributed by atoms with E-state index in [1.54, 1.807) is 27.7 Å². The topological polar surface area (TPSA) is 100 Å². The Balaban J connectivity index is 1.94. The molecule has 1 heterocycles. The minimum absolute atomic E-state index is 0.0361. The van der Waals surface area contributed by atoms with E-state index in [9.17, 15) is 14.4 Å². The number of benzene rings is 1. The molecule has 1 atom stereocenters. The third-order valence-electron chi connectivity index (χ3n) is 4.19. The van der Waals surface area contributed by atoms with Gasteiger partial charge in [0, 0.05) is 29.8 Å². The van der Waals surface area contributed by atoms with Crippen LogP contribution in [-0.4, -0.2) is 35.3 Å². The molecular weight excluding hydrogens is 388 g/mol. The molecule has 1 aromatic carbocycles. The van der Waals surface area contributed by atoms with E-state index < -0.39 is 11.5 Å². The van der Waals surface area contributed by atoms with Gasteiger partial charge in [-0.25, -0.2) is 4.98 Å². The van der Waals surface area contributed by atoms with Gasteiger partial charge in [0.1, 0.15) is 6.04 Å². The molecule has 1 aromatic heterocycles. The van der Waals surface area contributed by atoms with E-state index in [0.29, 0.717) is 11.7 Å². The highest BCUT2D eigenvalue weighted by Gasteiger charge is 2.25. The quantitative estimate of drug-likeness (QED) is 0.646. The zero-order valence-corrected chi connectivity index (χ0v) is 18.3. The molecule has 0 aliphatic carbocycles. The first-order chi connectivity index (χ1) is 13.6. The maximum Gasteiger partial charge on any atom is 0.248 e. The predicted molar refractivity (Wildman–Crippen MR) is 116 cm³/mol. The SMILES string of the molecule is CC(=O)NCCc1ccc(-c2csc(NC(=O)[C@H](C)NC(=O)C(C)(C)C)n2)cc1. The Morgan fingerprint density at radius 2 is 1.79 bits per heavy atom. The van der Waals surface area contributed by atoms with Crippen LogP contribution in [0, 0.1) is 5.41 Å². The van der Waals surface area contributed by atoms with Crippen LogP contribution in [0.5, 0.6) is 0 Å². The minimum Gasteiger partial charge on any atom is -0.356 e. The van der Waals surface area contributed by atoms with E-state index in [0.717, 1.165) is 23.2 Å². The van der Waals surface area contributed by atoms with Gasteiger partial charge in [-0.15, -0.1) is 11.3 Å². The van der Waals surface area contributed by atoms with E-state index in [4.69, 9.17) is 0 Å².